The maximum Gasteiger partial charge on any atom is 0.338 e. The normalized spacial score (nSPS) is 10.4. The number of hydrogen-bond donors (Lipinski definition) is 1. The van der Waals surface area contributed by atoms with Gasteiger partial charge in [-0.2, -0.15) is 0 Å². The third-order valence-corrected chi connectivity index (χ3v) is 4.29. The number of hydrogen-bond acceptors (Lipinski definition) is 3. The first-order valence-electron chi connectivity index (χ1n) is 8.95. The minimum absolute atomic E-state index is 0.327. The molecule has 4 nitrogen and oxygen atoms in total. The summed E-state index contributed by atoms with van der Waals surface area (Å²) in [7, 11) is 0. The molecular weight excluding hydrogens is 350 g/mol. The first-order chi connectivity index (χ1) is 12.6. The van der Waals surface area contributed by atoms with E-state index in [2.05, 4.69) is 12.2 Å². The molecule has 138 valence electrons. The zero-order valence-electron chi connectivity index (χ0n) is 15.0. The van der Waals surface area contributed by atoms with Crippen LogP contribution in [0.5, 0.6) is 0 Å². The van der Waals surface area contributed by atoms with Gasteiger partial charge in [0.25, 0.3) is 5.91 Å². The van der Waals surface area contributed by atoms with E-state index < -0.39 is 5.97 Å². The summed E-state index contributed by atoms with van der Waals surface area (Å²) in [5.74, 6) is -0.736. The number of carbonyl (C=O) groups excluding carboxylic acids is 2. The summed E-state index contributed by atoms with van der Waals surface area (Å²) in [6, 6.07) is 13.5. The van der Waals surface area contributed by atoms with Gasteiger partial charge in [-0.05, 0) is 36.8 Å². The first-order valence-corrected chi connectivity index (χ1v) is 9.32. The summed E-state index contributed by atoms with van der Waals surface area (Å²) < 4.78 is 5.29. The molecule has 0 aliphatic heterocycles. The SMILES string of the molecule is CCCCCCCOC(=O)c1cccc(C(=O)Nc2ccccc2Cl)c1. The number of nitrogens with one attached hydrogen (secondary N) is 1. The average molecular weight is 374 g/mol. The Morgan fingerprint density at radius 1 is 0.962 bits per heavy atom. The molecular formula is C21H24ClNO3. The van der Waals surface area contributed by atoms with Gasteiger partial charge in [-0.1, -0.05) is 62.4 Å². The highest BCUT2D eigenvalue weighted by Crippen LogP contribution is 2.21. The van der Waals surface area contributed by atoms with Crippen molar-refractivity contribution in [1.29, 1.82) is 0 Å². The zero-order valence-corrected chi connectivity index (χ0v) is 15.7. The molecule has 26 heavy (non-hydrogen) atoms. The standard InChI is InChI=1S/C21H24ClNO3/c1-2-3-4-5-8-14-26-21(25)17-11-9-10-16(15-17)20(24)23-19-13-7-6-12-18(19)22/h6-7,9-13,15H,2-5,8,14H2,1H3,(H,23,24). The lowest BCUT2D eigenvalue weighted by Gasteiger charge is -2.09. The Morgan fingerprint density at radius 3 is 2.46 bits per heavy atom. The number of amides is 1. The molecule has 0 radical (unpaired) electrons. The molecule has 0 aromatic heterocycles. The van der Waals surface area contributed by atoms with Gasteiger partial charge >= 0.3 is 5.97 Å². The van der Waals surface area contributed by atoms with Gasteiger partial charge in [0.15, 0.2) is 0 Å². The smallest absolute Gasteiger partial charge is 0.338 e. The van der Waals surface area contributed by atoms with Crippen LogP contribution in [0.2, 0.25) is 5.02 Å². The van der Waals surface area contributed by atoms with Gasteiger partial charge in [0.2, 0.25) is 0 Å². The number of para-hydroxylation sites is 1. The van der Waals surface area contributed by atoms with E-state index >= 15 is 0 Å². The minimum atomic E-state index is -0.409. The molecule has 1 amide bonds. The van der Waals surface area contributed by atoms with Crippen molar-refractivity contribution in [2.24, 2.45) is 0 Å². The van der Waals surface area contributed by atoms with Gasteiger partial charge in [0, 0.05) is 5.56 Å². The molecule has 0 bridgehead atoms. The fraction of sp³-hybridized carbons (Fsp3) is 0.333. The molecule has 0 aliphatic carbocycles. The summed E-state index contributed by atoms with van der Waals surface area (Å²) >= 11 is 6.05. The number of halogens is 1. The maximum atomic E-state index is 12.4. The van der Waals surface area contributed by atoms with Crippen molar-refractivity contribution in [3.05, 3.63) is 64.7 Å². The lowest BCUT2D eigenvalue weighted by Crippen LogP contribution is -2.14. The van der Waals surface area contributed by atoms with E-state index in [1.165, 1.54) is 18.9 Å². The van der Waals surface area contributed by atoms with Crippen LogP contribution in [-0.2, 0) is 4.74 Å². The predicted octanol–water partition coefficient (Wildman–Crippen LogP) is 5.72. The van der Waals surface area contributed by atoms with Crippen LogP contribution >= 0.6 is 11.6 Å². The first kappa shape index (κ1) is 20.0. The summed E-state index contributed by atoms with van der Waals surface area (Å²) in [5.41, 5.74) is 1.27. The fourth-order valence-corrected chi connectivity index (χ4v) is 2.68. The summed E-state index contributed by atoms with van der Waals surface area (Å²) in [6.45, 7) is 2.56. The Morgan fingerprint density at radius 2 is 1.69 bits per heavy atom. The molecule has 0 spiro atoms. The monoisotopic (exact) mass is 373 g/mol. The molecule has 0 heterocycles. The molecule has 2 aromatic carbocycles. The van der Waals surface area contributed by atoms with Crippen molar-refractivity contribution >= 4 is 29.2 Å². The molecule has 0 unspecified atom stereocenters. The molecule has 0 saturated heterocycles. The Bertz CT molecular complexity index is 746. The highest BCUT2D eigenvalue weighted by Gasteiger charge is 2.12. The van der Waals surface area contributed by atoms with E-state index in [1.54, 1.807) is 42.5 Å². The van der Waals surface area contributed by atoms with Crippen molar-refractivity contribution in [3.63, 3.8) is 0 Å². The van der Waals surface area contributed by atoms with E-state index in [-0.39, 0.29) is 5.91 Å². The quantitative estimate of drug-likeness (QED) is 0.451. The maximum absolute atomic E-state index is 12.4. The molecule has 5 heteroatoms. The van der Waals surface area contributed by atoms with E-state index in [0.717, 1.165) is 19.3 Å². The van der Waals surface area contributed by atoms with Crippen LogP contribution in [-0.4, -0.2) is 18.5 Å². The number of rotatable bonds is 9. The van der Waals surface area contributed by atoms with Crippen molar-refractivity contribution in [2.75, 3.05) is 11.9 Å². The number of anilines is 1. The average Bonchev–Trinajstić information content (AvgIpc) is 2.66. The third kappa shape index (κ3) is 6.19. The number of ether oxygens (including phenoxy) is 1. The van der Waals surface area contributed by atoms with Crippen molar-refractivity contribution in [3.8, 4) is 0 Å². The lowest BCUT2D eigenvalue weighted by molar-refractivity contribution is 0.0497. The Hall–Kier alpha value is -2.33. The molecule has 0 aliphatic rings. The van der Waals surface area contributed by atoms with Crippen LogP contribution < -0.4 is 5.32 Å². The van der Waals surface area contributed by atoms with E-state index in [0.29, 0.717) is 28.4 Å². The second-order valence-corrected chi connectivity index (χ2v) is 6.47. The van der Waals surface area contributed by atoms with Crippen LogP contribution in [0, 0.1) is 0 Å². The van der Waals surface area contributed by atoms with Crippen LogP contribution in [0.25, 0.3) is 0 Å². The summed E-state index contributed by atoms with van der Waals surface area (Å²) in [6.07, 6.45) is 5.46. The van der Waals surface area contributed by atoms with Crippen molar-refractivity contribution in [1.82, 2.24) is 0 Å². The molecule has 0 fully saturated rings. The fourth-order valence-electron chi connectivity index (χ4n) is 2.50. The van der Waals surface area contributed by atoms with Gasteiger partial charge in [-0.25, -0.2) is 4.79 Å². The molecule has 0 saturated carbocycles. The Balaban J connectivity index is 1.91. The van der Waals surface area contributed by atoms with Gasteiger partial charge in [-0.15, -0.1) is 0 Å². The third-order valence-electron chi connectivity index (χ3n) is 3.96. The topological polar surface area (TPSA) is 55.4 Å². The number of unbranched alkanes of at least 4 members (excludes halogenated alkanes) is 4. The van der Waals surface area contributed by atoms with Crippen molar-refractivity contribution < 1.29 is 14.3 Å². The van der Waals surface area contributed by atoms with Crippen molar-refractivity contribution in [2.45, 2.75) is 39.0 Å². The number of esters is 1. The number of benzene rings is 2. The van der Waals surface area contributed by atoms with E-state index in [4.69, 9.17) is 16.3 Å². The van der Waals surface area contributed by atoms with E-state index in [9.17, 15) is 9.59 Å². The Labute approximate surface area is 159 Å². The van der Waals surface area contributed by atoms with Gasteiger partial charge in [0.1, 0.15) is 0 Å². The van der Waals surface area contributed by atoms with E-state index in [1.807, 2.05) is 0 Å². The molecule has 0 atom stereocenters. The van der Waals surface area contributed by atoms with Crippen LogP contribution in [0.4, 0.5) is 5.69 Å². The number of carbonyl (C=O) groups is 2. The summed E-state index contributed by atoms with van der Waals surface area (Å²) in [4.78, 5) is 24.5. The highest BCUT2D eigenvalue weighted by atomic mass is 35.5. The van der Waals surface area contributed by atoms with Gasteiger partial charge in [-0.3, -0.25) is 4.79 Å². The molecule has 1 N–H and O–H groups in total. The molecule has 2 rings (SSSR count). The zero-order chi connectivity index (χ0) is 18.8. The predicted molar refractivity (Wildman–Crippen MR) is 105 cm³/mol. The van der Waals surface area contributed by atoms with Gasteiger partial charge < -0.3 is 10.1 Å². The largest absolute Gasteiger partial charge is 0.462 e. The highest BCUT2D eigenvalue weighted by molar-refractivity contribution is 6.33. The molecule has 2 aromatic rings. The second kappa shape index (κ2) is 10.6. The van der Waals surface area contributed by atoms with Crippen LogP contribution in [0.15, 0.2) is 48.5 Å². The van der Waals surface area contributed by atoms with Crippen LogP contribution in [0.1, 0.15) is 59.7 Å². The second-order valence-electron chi connectivity index (χ2n) is 6.06. The Kier molecular flexibility index (Phi) is 8.16. The lowest BCUT2D eigenvalue weighted by atomic mass is 10.1. The summed E-state index contributed by atoms with van der Waals surface area (Å²) in [5, 5.41) is 3.20. The van der Waals surface area contributed by atoms with Crippen LogP contribution in [0.3, 0.4) is 0 Å². The van der Waals surface area contributed by atoms with Gasteiger partial charge in [0.05, 0.1) is 22.9 Å². The minimum Gasteiger partial charge on any atom is -0.462 e.